The first-order chi connectivity index (χ1) is 11.7. The molecule has 0 radical (unpaired) electrons. The Hall–Kier alpha value is -3.09. The number of nitrogens with zero attached hydrogens (tertiary/aromatic N) is 3. The topological polar surface area (TPSA) is 166 Å². The van der Waals surface area contributed by atoms with E-state index in [4.69, 9.17) is 16.3 Å². The standard InChI is InChI=1S/C11H12ClN3O10/c12-9-1-3-10(4-2-9)22-5-11(6-23-13(16)17,7-24-14(18)19)8-25-15(20)21/h1-4H,5-8H2. The summed E-state index contributed by atoms with van der Waals surface area (Å²) >= 11 is 5.72. The summed E-state index contributed by atoms with van der Waals surface area (Å²) in [5, 5.41) is 28.2. The largest absolute Gasteiger partial charge is 0.493 e. The van der Waals surface area contributed by atoms with Gasteiger partial charge in [0.05, 0.1) is 12.0 Å². The van der Waals surface area contributed by atoms with Gasteiger partial charge in [0.25, 0.3) is 15.3 Å². The van der Waals surface area contributed by atoms with Crippen LogP contribution in [0.3, 0.4) is 0 Å². The summed E-state index contributed by atoms with van der Waals surface area (Å²) in [7, 11) is 0. The van der Waals surface area contributed by atoms with Gasteiger partial charge in [-0.3, -0.25) is 0 Å². The van der Waals surface area contributed by atoms with Crippen LogP contribution in [0.5, 0.6) is 5.75 Å². The second-order valence-corrected chi connectivity index (χ2v) is 5.17. The summed E-state index contributed by atoms with van der Waals surface area (Å²) in [4.78, 5) is 43.8. The molecule has 13 nitrogen and oxygen atoms in total. The first-order valence-electron chi connectivity index (χ1n) is 6.43. The van der Waals surface area contributed by atoms with Crippen molar-refractivity contribution in [3.05, 3.63) is 59.6 Å². The van der Waals surface area contributed by atoms with E-state index in [2.05, 4.69) is 14.5 Å². The zero-order valence-electron chi connectivity index (χ0n) is 12.4. The van der Waals surface area contributed by atoms with Gasteiger partial charge in [-0.25, -0.2) is 0 Å². The highest BCUT2D eigenvalue weighted by Crippen LogP contribution is 2.23. The van der Waals surface area contributed by atoms with Crippen molar-refractivity contribution in [2.24, 2.45) is 5.41 Å². The summed E-state index contributed by atoms with van der Waals surface area (Å²) in [6.45, 7) is -2.86. The molecule has 25 heavy (non-hydrogen) atoms. The summed E-state index contributed by atoms with van der Waals surface area (Å²) in [6.07, 6.45) is 0. The second kappa shape index (κ2) is 9.27. The van der Waals surface area contributed by atoms with E-state index in [1.807, 2.05) is 0 Å². The molecule has 0 unspecified atom stereocenters. The smallest absolute Gasteiger partial charge is 0.294 e. The molecule has 0 spiro atoms. The van der Waals surface area contributed by atoms with Crippen LogP contribution in [-0.2, 0) is 14.5 Å². The lowest BCUT2D eigenvalue weighted by Crippen LogP contribution is -2.44. The zero-order valence-corrected chi connectivity index (χ0v) is 13.2. The number of hydrogen-bond acceptors (Lipinski definition) is 10. The van der Waals surface area contributed by atoms with Crippen LogP contribution in [0, 0.1) is 35.8 Å². The Kier molecular flexibility index (Phi) is 7.40. The molecule has 0 saturated carbocycles. The van der Waals surface area contributed by atoms with Crippen molar-refractivity contribution >= 4 is 11.6 Å². The van der Waals surface area contributed by atoms with Crippen LogP contribution < -0.4 is 4.74 Å². The fourth-order valence-corrected chi connectivity index (χ4v) is 1.71. The van der Waals surface area contributed by atoms with Gasteiger partial charge in [0, 0.05) is 5.02 Å². The minimum atomic E-state index is -1.70. The molecular weight excluding hydrogens is 370 g/mol. The van der Waals surface area contributed by atoms with Crippen molar-refractivity contribution in [2.45, 2.75) is 0 Å². The third-order valence-corrected chi connectivity index (χ3v) is 3.04. The minimum Gasteiger partial charge on any atom is -0.493 e. The highest BCUT2D eigenvalue weighted by Gasteiger charge is 2.36. The molecule has 0 fully saturated rings. The number of ether oxygens (including phenoxy) is 1. The molecule has 0 atom stereocenters. The van der Waals surface area contributed by atoms with E-state index >= 15 is 0 Å². The molecule has 0 aliphatic heterocycles. The van der Waals surface area contributed by atoms with E-state index in [0.717, 1.165) is 0 Å². The van der Waals surface area contributed by atoms with E-state index in [-0.39, 0.29) is 5.75 Å². The van der Waals surface area contributed by atoms with Crippen molar-refractivity contribution < 1.29 is 34.5 Å². The molecule has 0 bridgehead atoms. The van der Waals surface area contributed by atoms with Gasteiger partial charge >= 0.3 is 0 Å². The van der Waals surface area contributed by atoms with Gasteiger partial charge in [-0.15, -0.1) is 30.3 Å². The summed E-state index contributed by atoms with van der Waals surface area (Å²) in [5.41, 5.74) is -1.70. The number of benzene rings is 1. The first kappa shape index (κ1) is 20.0. The lowest BCUT2D eigenvalue weighted by atomic mass is 9.92. The third kappa shape index (κ3) is 7.83. The summed E-state index contributed by atoms with van der Waals surface area (Å²) in [6, 6.07) is 5.91. The van der Waals surface area contributed by atoms with E-state index < -0.39 is 47.1 Å². The Labute approximate surface area is 144 Å². The molecule has 1 aromatic rings. The van der Waals surface area contributed by atoms with Crippen LogP contribution in [0.25, 0.3) is 0 Å². The first-order valence-corrected chi connectivity index (χ1v) is 6.80. The van der Waals surface area contributed by atoms with Gasteiger partial charge in [-0.05, 0) is 24.3 Å². The molecule has 1 aromatic carbocycles. The van der Waals surface area contributed by atoms with Crippen LogP contribution in [0.2, 0.25) is 5.02 Å². The maximum atomic E-state index is 10.4. The van der Waals surface area contributed by atoms with Gasteiger partial charge in [0.15, 0.2) is 0 Å². The van der Waals surface area contributed by atoms with Crippen molar-refractivity contribution in [1.29, 1.82) is 0 Å². The molecular formula is C11H12ClN3O10. The Morgan fingerprint density at radius 1 is 0.800 bits per heavy atom. The third-order valence-electron chi connectivity index (χ3n) is 2.79. The van der Waals surface area contributed by atoms with Crippen molar-refractivity contribution in [2.75, 3.05) is 26.4 Å². The van der Waals surface area contributed by atoms with Crippen LogP contribution >= 0.6 is 11.6 Å². The monoisotopic (exact) mass is 381 g/mol. The second-order valence-electron chi connectivity index (χ2n) is 4.73. The van der Waals surface area contributed by atoms with Crippen LogP contribution in [0.15, 0.2) is 24.3 Å². The van der Waals surface area contributed by atoms with Gasteiger partial charge in [0.2, 0.25) is 0 Å². The van der Waals surface area contributed by atoms with Gasteiger partial charge in [-0.1, -0.05) is 11.6 Å². The molecule has 0 amide bonds. The van der Waals surface area contributed by atoms with Crippen molar-refractivity contribution in [3.8, 4) is 5.75 Å². The summed E-state index contributed by atoms with van der Waals surface area (Å²) in [5.74, 6) is 0.261. The lowest BCUT2D eigenvalue weighted by Gasteiger charge is -2.30. The molecule has 0 aliphatic carbocycles. The Balaban J connectivity index is 2.92. The summed E-state index contributed by atoms with van der Waals surface area (Å²) < 4.78 is 5.36. The molecule has 0 aliphatic rings. The fraction of sp³-hybridized carbons (Fsp3) is 0.455. The molecule has 0 N–H and O–H groups in total. The van der Waals surface area contributed by atoms with Crippen LogP contribution in [0.1, 0.15) is 0 Å². The zero-order chi connectivity index (χ0) is 18.9. The molecule has 0 heterocycles. The maximum Gasteiger partial charge on any atom is 0.294 e. The fourth-order valence-electron chi connectivity index (χ4n) is 1.59. The van der Waals surface area contributed by atoms with Gasteiger partial charge < -0.3 is 19.2 Å². The van der Waals surface area contributed by atoms with Crippen molar-refractivity contribution in [1.82, 2.24) is 0 Å². The van der Waals surface area contributed by atoms with Crippen molar-refractivity contribution in [3.63, 3.8) is 0 Å². The maximum absolute atomic E-state index is 10.4. The van der Waals surface area contributed by atoms with Crippen LogP contribution in [-0.4, -0.2) is 41.7 Å². The Morgan fingerprint density at radius 2 is 1.20 bits per heavy atom. The molecule has 138 valence electrons. The number of hydrogen-bond donors (Lipinski definition) is 0. The highest BCUT2D eigenvalue weighted by atomic mass is 35.5. The lowest BCUT2D eigenvalue weighted by molar-refractivity contribution is -0.782. The molecule has 0 saturated heterocycles. The van der Waals surface area contributed by atoms with E-state index in [1.54, 1.807) is 0 Å². The number of rotatable bonds is 12. The quantitative estimate of drug-likeness (QED) is 0.380. The van der Waals surface area contributed by atoms with E-state index in [0.29, 0.717) is 5.02 Å². The molecule has 0 aromatic heterocycles. The Morgan fingerprint density at radius 3 is 1.56 bits per heavy atom. The van der Waals surface area contributed by atoms with Crippen LogP contribution in [0.4, 0.5) is 0 Å². The van der Waals surface area contributed by atoms with Gasteiger partial charge in [0.1, 0.15) is 25.6 Å². The Bertz CT molecular complexity index is 565. The average molecular weight is 382 g/mol. The van der Waals surface area contributed by atoms with Gasteiger partial charge in [-0.2, -0.15) is 0 Å². The molecule has 14 heteroatoms. The predicted octanol–water partition coefficient (Wildman–Crippen LogP) is 1.33. The minimum absolute atomic E-state index is 0.261. The SMILES string of the molecule is O=[N+]([O-])OCC(COc1ccc(Cl)cc1)(CO[N+](=O)[O-])CO[N+](=O)[O-]. The normalized spacial score (nSPS) is 10.6. The van der Waals surface area contributed by atoms with E-state index in [9.17, 15) is 30.3 Å². The highest BCUT2D eigenvalue weighted by molar-refractivity contribution is 6.30. The molecule has 1 rings (SSSR count). The average Bonchev–Trinajstić information content (AvgIpc) is 2.54. The number of halogens is 1. The predicted molar refractivity (Wildman–Crippen MR) is 78.2 cm³/mol. The van der Waals surface area contributed by atoms with E-state index in [1.165, 1.54) is 24.3 Å².